The molecule has 218 valence electrons. The van der Waals surface area contributed by atoms with Gasteiger partial charge in [-0.2, -0.15) is 13.2 Å². The number of hydrogen-bond acceptors (Lipinski definition) is 7. The molecule has 1 aliphatic rings. The first-order chi connectivity index (χ1) is 18.1. The van der Waals surface area contributed by atoms with Crippen LogP contribution in [0, 0.1) is 5.41 Å². The maximum absolute atomic E-state index is 13.2. The quantitative estimate of drug-likeness (QED) is 0.249. The predicted octanol–water partition coefficient (Wildman–Crippen LogP) is 4.57. The Labute approximate surface area is 226 Å². The van der Waals surface area contributed by atoms with Crippen LogP contribution in [0.3, 0.4) is 0 Å². The van der Waals surface area contributed by atoms with Gasteiger partial charge >= 0.3 is 24.2 Å². The number of amides is 2. The van der Waals surface area contributed by atoms with Gasteiger partial charge in [-0.25, -0.2) is 4.79 Å². The molecule has 0 unspecified atom stereocenters. The van der Waals surface area contributed by atoms with Gasteiger partial charge in [0, 0.05) is 26.2 Å². The van der Waals surface area contributed by atoms with E-state index in [9.17, 15) is 32.3 Å². The maximum Gasteiger partial charge on any atom is 0.416 e. The van der Waals surface area contributed by atoms with Crippen molar-refractivity contribution >= 4 is 23.9 Å². The molecule has 0 spiro atoms. The molecular weight excluding hydrogens is 521 g/mol. The Kier molecular flexibility index (Phi) is 10.8. The lowest BCUT2D eigenvalue weighted by molar-refractivity contribution is -0.162. The minimum atomic E-state index is -4.52. The summed E-state index contributed by atoms with van der Waals surface area (Å²) in [5, 5.41) is 0. The van der Waals surface area contributed by atoms with Crippen LogP contribution in [0.5, 0.6) is 0 Å². The molecule has 0 radical (unpaired) electrons. The molecule has 1 aromatic rings. The summed E-state index contributed by atoms with van der Waals surface area (Å²) in [6.07, 6.45) is -5.34. The zero-order valence-corrected chi connectivity index (χ0v) is 23.1. The average molecular weight is 559 g/mol. The predicted molar refractivity (Wildman–Crippen MR) is 134 cm³/mol. The first kappa shape index (κ1) is 31.9. The summed E-state index contributed by atoms with van der Waals surface area (Å²) >= 11 is 0. The number of nitrogens with zero attached hydrogens (tertiary/aromatic N) is 2. The fourth-order valence-electron chi connectivity index (χ4n) is 4.22. The minimum absolute atomic E-state index is 0.0677. The molecule has 9 nitrogen and oxygen atoms in total. The van der Waals surface area contributed by atoms with Crippen molar-refractivity contribution < 1.29 is 46.6 Å². The van der Waals surface area contributed by atoms with Crippen LogP contribution in [0.15, 0.2) is 24.3 Å². The van der Waals surface area contributed by atoms with Crippen molar-refractivity contribution in [3.05, 3.63) is 35.4 Å². The van der Waals surface area contributed by atoms with Crippen molar-refractivity contribution in [2.24, 2.45) is 5.41 Å². The number of rotatable bonds is 9. The van der Waals surface area contributed by atoms with Gasteiger partial charge in [-0.05, 0) is 65.2 Å². The largest absolute Gasteiger partial charge is 0.466 e. The average Bonchev–Trinajstić information content (AvgIpc) is 2.83. The van der Waals surface area contributed by atoms with Crippen molar-refractivity contribution in [1.29, 1.82) is 0 Å². The van der Waals surface area contributed by atoms with Crippen LogP contribution in [-0.2, 0) is 41.3 Å². The number of ether oxygens (including phenoxy) is 3. The van der Waals surface area contributed by atoms with E-state index in [1.54, 1.807) is 34.6 Å². The number of hydrogen-bond donors (Lipinski definition) is 0. The van der Waals surface area contributed by atoms with Gasteiger partial charge in [0.15, 0.2) is 0 Å². The highest BCUT2D eigenvalue weighted by Crippen LogP contribution is 2.36. The van der Waals surface area contributed by atoms with Gasteiger partial charge in [0.1, 0.15) is 12.0 Å². The van der Waals surface area contributed by atoms with E-state index in [2.05, 4.69) is 0 Å². The van der Waals surface area contributed by atoms with Gasteiger partial charge < -0.3 is 24.0 Å². The highest BCUT2D eigenvalue weighted by atomic mass is 19.4. The van der Waals surface area contributed by atoms with E-state index in [0.29, 0.717) is 5.56 Å². The summed E-state index contributed by atoms with van der Waals surface area (Å²) in [5.74, 6) is -1.97. The molecule has 0 N–H and O–H groups in total. The first-order valence-electron chi connectivity index (χ1n) is 12.8. The van der Waals surface area contributed by atoms with E-state index in [-0.39, 0.29) is 52.2 Å². The van der Waals surface area contributed by atoms with Crippen molar-refractivity contribution in [2.75, 3.05) is 32.8 Å². The van der Waals surface area contributed by atoms with Crippen molar-refractivity contribution in [2.45, 2.75) is 72.2 Å². The molecule has 0 saturated carbocycles. The molecular formula is C27H37F3N2O7. The molecule has 1 saturated heterocycles. The van der Waals surface area contributed by atoms with Crippen LogP contribution in [0.4, 0.5) is 18.0 Å². The molecule has 0 atom stereocenters. The zero-order valence-electron chi connectivity index (χ0n) is 23.1. The Morgan fingerprint density at radius 1 is 0.949 bits per heavy atom. The summed E-state index contributed by atoms with van der Waals surface area (Å²) in [7, 11) is 0. The van der Waals surface area contributed by atoms with Crippen LogP contribution in [0.1, 0.15) is 65.0 Å². The highest BCUT2D eigenvalue weighted by molar-refractivity contribution is 5.94. The second kappa shape index (κ2) is 13.2. The van der Waals surface area contributed by atoms with E-state index in [1.165, 1.54) is 21.9 Å². The Balaban J connectivity index is 2.33. The number of carbonyl (C=O) groups excluding carboxylic acids is 4. The van der Waals surface area contributed by atoms with Crippen LogP contribution in [-0.4, -0.2) is 72.2 Å². The summed E-state index contributed by atoms with van der Waals surface area (Å²) in [6, 6.07) is 4.30. The molecule has 1 aliphatic heterocycles. The van der Waals surface area contributed by atoms with E-state index in [1.807, 2.05) is 0 Å². The Hall–Kier alpha value is -3.31. The number of esters is 2. The van der Waals surface area contributed by atoms with Crippen molar-refractivity contribution in [3.8, 4) is 0 Å². The molecule has 2 rings (SSSR count). The Bertz CT molecular complexity index is 1010. The molecule has 0 bridgehead atoms. The summed E-state index contributed by atoms with van der Waals surface area (Å²) in [5.41, 5.74) is -2.37. The normalized spacial score (nSPS) is 15.3. The third-order valence-corrected chi connectivity index (χ3v) is 6.18. The van der Waals surface area contributed by atoms with Crippen molar-refractivity contribution in [3.63, 3.8) is 0 Å². The fourth-order valence-corrected chi connectivity index (χ4v) is 4.22. The second-order valence-electron chi connectivity index (χ2n) is 10.4. The first-order valence-corrected chi connectivity index (χ1v) is 12.8. The smallest absolute Gasteiger partial charge is 0.416 e. The van der Waals surface area contributed by atoms with E-state index in [0.717, 1.165) is 12.1 Å². The minimum Gasteiger partial charge on any atom is -0.466 e. The van der Waals surface area contributed by atoms with Gasteiger partial charge in [0.25, 0.3) is 0 Å². The Morgan fingerprint density at radius 2 is 1.51 bits per heavy atom. The lowest BCUT2D eigenvalue weighted by Crippen LogP contribution is -2.53. The number of halogens is 3. The molecule has 2 amide bonds. The molecule has 1 fully saturated rings. The summed E-state index contributed by atoms with van der Waals surface area (Å²) in [6.45, 7) is 8.64. The highest BCUT2D eigenvalue weighted by Gasteiger charge is 2.46. The van der Waals surface area contributed by atoms with Crippen LogP contribution < -0.4 is 0 Å². The van der Waals surface area contributed by atoms with Gasteiger partial charge in [-0.15, -0.1) is 0 Å². The van der Waals surface area contributed by atoms with E-state index >= 15 is 0 Å². The maximum atomic E-state index is 13.2. The topological polar surface area (TPSA) is 102 Å². The zero-order chi connectivity index (χ0) is 29.4. The van der Waals surface area contributed by atoms with E-state index in [4.69, 9.17) is 14.2 Å². The van der Waals surface area contributed by atoms with Gasteiger partial charge in [-0.3, -0.25) is 14.4 Å². The molecule has 1 aromatic carbocycles. The van der Waals surface area contributed by atoms with Crippen LogP contribution in [0.2, 0.25) is 0 Å². The number of carbonyl (C=O) groups is 4. The molecule has 0 aromatic heterocycles. The van der Waals surface area contributed by atoms with Crippen molar-refractivity contribution in [1.82, 2.24) is 9.80 Å². The molecule has 12 heteroatoms. The SMILES string of the molecule is CCOC(=O)CC(=O)N(Cc1ccc(C(F)(F)F)cc1)CC1(C(=O)OCC)CCN(C(=O)OC(C)(C)C)CC1. The van der Waals surface area contributed by atoms with Crippen LogP contribution in [0.25, 0.3) is 0 Å². The monoisotopic (exact) mass is 558 g/mol. The third kappa shape index (κ3) is 9.43. The Morgan fingerprint density at radius 3 is 2.00 bits per heavy atom. The number of benzene rings is 1. The van der Waals surface area contributed by atoms with E-state index < -0.39 is 53.1 Å². The third-order valence-electron chi connectivity index (χ3n) is 6.18. The van der Waals surface area contributed by atoms with Crippen LogP contribution >= 0.6 is 0 Å². The summed E-state index contributed by atoms with van der Waals surface area (Å²) in [4.78, 5) is 53.8. The molecule has 39 heavy (non-hydrogen) atoms. The molecule has 1 heterocycles. The molecule has 0 aliphatic carbocycles. The summed E-state index contributed by atoms with van der Waals surface area (Å²) < 4.78 is 54.7. The van der Waals surface area contributed by atoms with Gasteiger partial charge in [0.2, 0.25) is 5.91 Å². The standard InChI is InChI=1S/C27H37F3N2O7/c1-6-37-22(34)16-21(33)32(17-19-8-10-20(11-9-19)27(28,29)30)18-26(23(35)38-7-2)12-14-31(15-13-26)24(36)39-25(3,4)5/h8-11H,6-7,12-18H2,1-5H3. The number of likely N-dealkylation sites (tertiary alicyclic amines) is 1. The number of alkyl halides is 3. The second-order valence-corrected chi connectivity index (χ2v) is 10.4. The van der Waals surface area contributed by atoms with Gasteiger partial charge in [0.05, 0.1) is 24.2 Å². The number of piperidine rings is 1. The lowest BCUT2D eigenvalue weighted by atomic mass is 9.77. The lowest BCUT2D eigenvalue weighted by Gasteiger charge is -2.42. The fraction of sp³-hybridized carbons (Fsp3) is 0.630. The van der Waals surface area contributed by atoms with Gasteiger partial charge in [-0.1, -0.05) is 12.1 Å².